The highest BCUT2D eigenvalue weighted by molar-refractivity contribution is 5.54. The van der Waals surface area contributed by atoms with Crippen LogP contribution >= 0.6 is 0 Å². The molecule has 4 unspecified atom stereocenters. The molecule has 13 rings (SSSR count). The van der Waals surface area contributed by atoms with E-state index in [1.165, 1.54) is 0 Å². The van der Waals surface area contributed by atoms with Crippen molar-refractivity contribution in [3.8, 4) is 11.5 Å². The lowest BCUT2D eigenvalue weighted by molar-refractivity contribution is -0.0394. The standard InChI is InChI=1S/C43H51F3N4O3.C35H43F3N4O.CH4/c1-27-6-10-30(11-7-27)39(44)38-36(29-14-18-43(45,46)19-15-29)37-34(22-42(2,3)23-35(37)53-26-28-8-12-32(51-4)13-9-28)49-40(38)31-16-20-50(21-17-31)41-47-24-33(52-5)25-48-41;1-21-5-7-24(8-6-21)31(36)30-28(23-9-13-35(37,38)14-10-23)29-26(17-34(3,4)18-27(29)43)41-32(30)25-11-15-42(16-12-25)33-39-19-22(2)20-40-33;/h6-13,24-25,29,31,35,39H,14-23,26H2,1-5H3;5-8,19-20,23,25,27,31,43H,9-18H2,1-4H3;1H4. The number of methoxy groups -OCH3 is 2. The van der Waals surface area contributed by atoms with E-state index >= 15 is 8.78 Å². The lowest BCUT2D eigenvalue weighted by Gasteiger charge is -2.42. The number of aryl methyl sites for hydroxylation is 3. The van der Waals surface area contributed by atoms with Crippen molar-refractivity contribution in [1.82, 2.24) is 29.9 Å². The summed E-state index contributed by atoms with van der Waals surface area (Å²) in [6.45, 7) is 17.8. The summed E-state index contributed by atoms with van der Waals surface area (Å²) in [6.07, 6.45) is 8.72. The number of hydrogen-bond donors (Lipinski definition) is 1. The lowest BCUT2D eigenvalue weighted by Crippen LogP contribution is -2.36. The number of aliphatic hydroxyl groups is 1. The Morgan fingerprint density at radius 1 is 0.495 bits per heavy atom. The van der Waals surface area contributed by atoms with Gasteiger partial charge < -0.3 is 29.1 Å². The number of nitrogens with zero attached hydrogens (tertiary/aromatic N) is 8. The number of benzene rings is 3. The molecular weight excluding hydrogens is 1240 g/mol. The van der Waals surface area contributed by atoms with Gasteiger partial charge in [0.2, 0.25) is 23.7 Å². The number of rotatable bonds is 15. The van der Waals surface area contributed by atoms with Crippen molar-refractivity contribution < 1.29 is 45.7 Å². The Bertz CT molecular complexity index is 3780. The first-order chi connectivity index (χ1) is 45.8. The van der Waals surface area contributed by atoms with Crippen LogP contribution in [0, 0.1) is 31.6 Å². The molecule has 6 aliphatic rings. The number of halogens is 6. The van der Waals surface area contributed by atoms with Gasteiger partial charge in [-0.15, -0.1) is 0 Å². The van der Waals surface area contributed by atoms with Crippen LogP contribution in [-0.2, 0) is 24.2 Å². The number of anilines is 2. The normalized spacial score (nSPS) is 21.6. The van der Waals surface area contributed by atoms with Crippen molar-refractivity contribution in [2.24, 2.45) is 10.8 Å². The van der Waals surface area contributed by atoms with E-state index in [1.54, 1.807) is 26.6 Å². The predicted molar refractivity (Wildman–Crippen MR) is 369 cm³/mol. The molecule has 2 saturated carbocycles. The van der Waals surface area contributed by atoms with Gasteiger partial charge in [0.1, 0.15) is 5.75 Å². The third kappa shape index (κ3) is 16.1. The number of piperidine rings is 2. The first-order valence-corrected chi connectivity index (χ1v) is 34.7. The third-order valence-electron chi connectivity index (χ3n) is 21.3. The summed E-state index contributed by atoms with van der Waals surface area (Å²) in [5.41, 5.74) is 12.4. The van der Waals surface area contributed by atoms with Crippen LogP contribution in [0.2, 0.25) is 0 Å². The zero-order valence-corrected chi connectivity index (χ0v) is 57.2. The second kappa shape index (κ2) is 29.3. The van der Waals surface area contributed by atoms with E-state index in [-0.39, 0.29) is 86.6 Å². The number of fused-ring (bicyclic) bond motifs is 2. The van der Waals surface area contributed by atoms with E-state index in [1.807, 2.05) is 106 Å². The Morgan fingerprint density at radius 2 is 0.897 bits per heavy atom. The summed E-state index contributed by atoms with van der Waals surface area (Å²) in [4.78, 5) is 33.1. The van der Waals surface area contributed by atoms with Gasteiger partial charge in [0, 0.05) is 110 Å². The Labute approximate surface area is 569 Å². The van der Waals surface area contributed by atoms with Crippen molar-refractivity contribution in [2.45, 2.75) is 225 Å². The minimum absolute atomic E-state index is 0. The monoisotopic (exact) mass is 1340 g/mol. The quantitative estimate of drug-likeness (QED) is 0.0980. The average molecular weight is 1340 g/mol. The topological polar surface area (TPSA) is 132 Å². The molecule has 520 valence electrons. The zero-order chi connectivity index (χ0) is 67.8. The van der Waals surface area contributed by atoms with Crippen molar-refractivity contribution in [2.75, 3.05) is 50.2 Å². The first kappa shape index (κ1) is 71.1. The van der Waals surface area contributed by atoms with Gasteiger partial charge >= 0.3 is 0 Å². The number of pyridine rings is 2. The molecule has 2 aliphatic heterocycles. The molecule has 4 aromatic heterocycles. The van der Waals surface area contributed by atoms with Crippen LogP contribution in [0.4, 0.5) is 38.2 Å². The van der Waals surface area contributed by atoms with Crippen LogP contribution in [-0.4, -0.2) is 87.3 Å². The molecule has 1 N–H and O–H groups in total. The van der Waals surface area contributed by atoms with Gasteiger partial charge in [-0.1, -0.05) is 107 Å². The van der Waals surface area contributed by atoms with Crippen molar-refractivity contribution in [3.63, 3.8) is 0 Å². The van der Waals surface area contributed by atoms with Crippen molar-refractivity contribution >= 4 is 11.9 Å². The maximum absolute atomic E-state index is 17.7. The Balaban J connectivity index is 0.000000199. The molecule has 12 nitrogen and oxygen atoms in total. The SMILES string of the molecule is C.COc1ccc(COC2CC(C)(C)Cc3nc(C4CCN(c5ncc(OC)cn5)CC4)c(C(F)c4ccc(C)cc4)c(C4CCC(F)(F)CC4)c32)cc1.Cc1ccc(C(F)c2c(C3CCN(c4ncc(C)cn4)CC3)nc3c(c2C2CCC(F)(F)CC2)C(O)CC(C)(C)C3)cc1. The van der Waals surface area contributed by atoms with E-state index < -0.39 is 30.3 Å². The lowest BCUT2D eigenvalue weighted by atomic mass is 9.68. The summed E-state index contributed by atoms with van der Waals surface area (Å²) in [7, 11) is 3.23. The van der Waals surface area contributed by atoms with Gasteiger partial charge in [-0.2, -0.15) is 0 Å². The first-order valence-electron chi connectivity index (χ1n) is 34.7. The summed E-state index contributed by atoms with van der Waals surface area (Å²) in [6, 6.07) is 22.8. The number of hydrogen-bond acceptors (Lipinski definition) is 12. The van der Waals surface area contributed by atoms with Crippen LogP contribution in [0.5, 0.6) is 11.5 Å². The van der Waals surface area contributed by atoms with E-state index in [2.05, 4.69) is 57.4 Å². The molecule has 6 heterocycles. The van der Waals surface area contributed by atoms with Crippen LogP contribution in [0.3, 0.4) is 0 Å². The van der Waals surface area contributed by atoms with Gasteiger partial charge in [-0.25, -0.2) is 46.3 Å². The van der Waals surface area contributed by atoms with Crippen molar-refractivity contribution in [1.29, 1.82) is 0 Å². The Hall–Kier alpha value is -7.18. The zero-order valence-electron chi connectivity index (χ0n) is 57.2. The highest BCUT2D eigenvalue weighted by Crippen LogP contribution is 2.56. The van der Waals surface area contributed by atoms with Crippen LogP contribution in [0.25, 0.3) is 0 Å². The number of ether oxygens (including phenoxy) is 3. The summed E-state index contributed by atoms with van der Waals surface area (Å²) < 4.78 is 111. The fourth-order valence-electron chi connectivity index (χ4n) is 16.1. The van der Waals surface area contributed by atoms with Crippen LogP contribution in [0.15, 0.2) is 97.6 Å². The fourth-order valence-corrected chi connectivity index (χ4v) is 16.1. The van der Waals surface area contributed by atoms with E-state index in [9.17, 15) is 22.7 Å². The Morgan fingerprint density at radius 3 is 1.33 bits per heavy atom. The molecule has 0 bridgehead atoms. The predicted octanol–water partition coefficient (Wildman–Crippen LogP) is 19.0. The number of aliphatic hydroxyl groups excluding tert-OH is 1. The number of alkyl halides is 6. The second-order valence-corrected chi connectivity index (χ2v) is 29.9. The molecule has 4 fully saturated rings. The number of aromatic nitrogens is 6. The molecule has 7 aromatic rings. The molecule has 4 atom stereocenters. The van der Waals surface area contributed by atoms with Gasteiger partial charge in [0.25, 0.3) is 0 Å². The van der Waals surface area contributed by atoms with E-state index in [0.29, 0.717) is 117 Å². The second-order valence-electron chi connectivity index (χ2n) is 29.9. The Kier molecular flexibility index (Phi) is 21.5. The molecule has 4 aliphatic carbocycles. The average Bonchev–Trinajstić information content (AvgIpc) is 0.737. The van der Waals surface area contributed by atoms with E-state index in [4.69, 9.17) is 24.2 Å². The van der Waals surface area contributed by atoms with Crippen molar-refractivity contribution in [3.05, 3.63) is 187 Å². The fraction of sp³-hybridized carbons (Fsp3) is 0.544. The summed E-state index contributed by atoms with van der Waals surface area (Å²) >= 11 is 0. The van der Waals surface area contributed by atoms with Crippen LogP contribution < -0.4 is 19.3 Å². The van der Waals surface area contributed by atoms with Gasteiger partial charge in [0.05, 0.1) is 56.8 Å². The molecule has 18 heteroatoms. The van der Waals surface area contributed by atoms with Gasteiger partial charge in [0.15, 0.2) is 18.1 Å². The van der Waals surface area contributed by atoms with Gasteiger partial charge in [-0.05, 0) is 166 Å². The maximum atomic E-state index is 17.7. The summed E-state index contributed by atoms with van der Waals surface area (Å²) in [5.74, 6) is -3.24. The maximum Gasteiger partial charge on any atom is 0.248 e. The molecule has 97 heavy (non-hydrogen) atoms. The van der Waals surface area contributed by atoms with Crippen LogP contribution in [0.1, 0.15) is 263 Å². The molecule has 3 aromatic carbocycles. The van der Waals surface area contributed by atoms with E-state index in [0.717, 1.165) is 93.2 Å². The largest absolute Gasteiger partial charge is 0.497 e. The highest BCUT2D eigenvalue weighted by Gasteiger charge is 2.47. The molecule has 2 saturated heterocycles. The molecule has 0 radical (unpaired) electrons. The molecule has 0 spiro atoms. The smallest absolute Gasteiger partial charge is 0.248 e. The van der Waals surface area contributed by atoms with Gasteiger partial charge in [-0.3, -0.25) is 9.97 Å². The minimum atomic E-state index is -2.72. The molecular formula is C79H98F6N8O4. The third-order valence-corrected chi connectivity index (χ3v) is 21.3. The molecule has 0 amide bonds. The highest BCUT2D eigenvalue weighted by atomic mass is 19.3. The summed E-state index contributed by atoms with van der Waals surface area (Å²) in [5, 5.41) is 11.6. The minimum Gasteiger partial charge on any atom is -0.497 e.